The normalized spacial score (nSPS) is 10.1. The predicted octanol–water partition coefficient (Wildman–Crippen LogP) is 0.461. The van der Waals surface area contributed by atoms with Crippen LogP contribution in [0.15, 0.2) is 29.0 Å². The maximum atomic E-state index is 11.6. The van der Waals surface area contributed by atoms with Gasteiger partial charge in [-0.25, -0.2) is 9.97 Å². The van der Waals surface area contributed by atoms with E-state index in [-0.39, 0.29) is 18.2 Å². The number of rotatable bonds is 4. The van der Waals surface area contributed by atoms with Crippen LogP contribution in [0.1, 0.15) is 16.4 Å². The Balaban J connectivity index is 1.98. The molecule has 0 radical (unpaired) electrons. The molecule has 2 aromatic rings. The Morgan fingerprint density at radius 1 is 1.39 bits per heavy atom. The summed E-state index contributed by atoms with van der Waals surface area (Å²) in [5.41, 5.74) is 0. The molecule has 0 fully saturated rings. The van der Waals surface area contributed by atoms with Crippen molar-refractivity contribution in [2.24, 2.45) is 0 Å². The van der Waals surface area contributed by atoms with Gasteiger partial charge in [0.15, 0.2) is 0 Å². The number of nitrogens with one attached hydrogen (secondary N) is 1. The van der Waals surface area contributed by atoms with Crippen LogP contribution in [0, 0.1) is 0 Å². The average Bonchev–Trinajstić information content (AvgIpc) is 2.90. The largest absolute Gasteiger partial charge is 0.363 e. The van der Waals surface area contributed by atoms with E-state index in [0.29, 0.717) is 5.82 Å². The molecule has 0 saturated heterocycles. The summed E-state index contributed by atoms with van der Waals surface area (Å²) in [6, 6.07) is 3.29. The fraction of sp³-hybridized carbons (Fsp3) is 0.273. The molecule has 2 aromatic heterocycles. The maximum Gasteiger partial charge on any atom is 0.290 e. The SMILES string of the molecule is CN(C)c1ccnc(CNC(=O)c2ccno2)n1. The van der Waals surface area contributed by atoms with Gasteiger partial charge in [-0.2, -0.15) is 0 Å². The van der Waals surface area contributed by atoms with Crippen molar-refractivity contribution in [2.75, 3.05) is 19.0 Å². The number of carbonyl (C=O) groups is 1. The first-order valence-corrected chi connectivity index (χ1v) is 5.35. The molecule has 0 aliphatic carbocycles. The third-order valence-electron chi connectivity index (χ3n) is 2.22. The van der Waals surface area contributed by atoms with Crippen molar-refractivity contribution in [3.63, 3.8) is 0 Å². The second kappa shape index (κ2) is 5.26. The first-order valence-electron chi connectivity index (χ1n) is 5.35. The van der Waals surface area contributed by atoms with E-state index in [1.54, 1.807) is 12.3 Å². The first-order chi connectivity index (χ1) is 8.66. The van der Waals surface area contributed by atoms with Crippen molar-refractivity contribution in [2.45, 2.75) is 6.54 Å². The van der Waals surface area contributed by atoms with Crippen molar-refractivity contribution in [3.05, 3.63) is 36.1 Å². The van der Waals surface area contributed by atoms with Crippen LogP contribution in [-0.2, 0) is 6.54 Å². The van der Waals surface area contributed by atoms with Crippen LogP contribution in [0.3, 0.4) is 0 Å². The number of anilines is 1. The van der Waals surface area contributed by atoms with Gasteiger partial charge in [0.1, 0.15) is 11.6 Å². The van der Waals surface area contributed by atoms with E-state index in [0.717, 1.165) is 5.82 Å². The molecule has 0 aromatic carbocycles. The number of hydrogen-bond acceptors (Lipinski definition) is 6. The molecule has 0 aliphatic heterocycles. The van der Waals surface area contributed by atoms with Crippen molar-refractivity contribution < 1.29 is 9.32 Å². The van der Waals surface area contributed by atoms with Crippen LogP contribution in [0.2, 0.25) is 0 Å². The van der Waals surface area contributed by atoms with Crippen molar-refractivity contribution in [1.29, 1.82) is 0 Å². The number of aromatic nitrogens is 3. The first kappa shape index (κ1) is 12.0. The number of carbonyl (C=O) groups excluding carboxylic acids is 1. The Morgan fingerprint density at radius 2 is 2.22 bits per heavy atom. The molecular weight excluding hydrogens is 234 g/mol. The summed E-state index contributed by atoms with van der Waals surface area (Å²) in [6.45, 7) is 0.237. The maximum absolute atomic E-state index is 11.6. The Labute approximate surface area is 104 Å². The summed E-state index contributed by atoms with van der Waals surface area (Å²) >= 11 is 0. The highest BCUT2D eigenvalue weighted by Gasteiger charge is 2.10. The lowest BCUT2D eigenvalue weighted by Crippen LogP contribution is -2.24. The van der Waals surface area contributed by atoms with E-state index in [1.165, 1.54) is 12.3 Å². The van der Waals surface area contributed by atoms with Crippen LogP contribution in [0.5, 0.6) is 0 Å². The average molecular weight is 247 g/mol. The van der Waals surface area contributed by atoms with Crippen LogP contribution in [0.4, 0.5) is 5.82 Å². The Bertz CT molecular complexity index is 524. The standard InChI is InChI=1S/C11H13N5O2/c1-16(2)10-4-5-12-9(15-10)7-13-11(17)8-3-6-14-18-8/h3-6H,7H2,1-2H3,(H,13,17). The molecule has 7 heteroatoms. The zero-order valence-electron chi connectivity index (χ0n) is 10.1. The molecular formula is C11H13N5O2. The molecule has 2 rings (SSSR count). The Kier molecular flexibility index (Phi) is 3.52. The summed E-state index contributed by atoms with van der Waals surface area (Å²) < 4.78 is 4.73. The number of hydrogen-bond donors (Lipinski definition) is 1. The minimum Gasteiger partial charge on any atom is -0.363 e. The lowest BCUT2D eigenvalue weighted by Gasteiger charge is -2.11. The third-order valence-corrected chi connectivity index (χ3v) is 2.22. The van der Waals surface area contributed by atoms with E-state index < -0.39 is 0 Å². The summed E-state index contributed by atoms with van der Waals surface area (Å²) in [5, 5.41) is 6.11. The van der Waals surface area contributed by atoms with Gasteiger partial charge in [-0.05, 0) is 6.07 Å². The van der Waals surface area contributed by atoms with Gasteiger partial charge in [0.2, 0.25) is 5.76 Å². The zero-order chi connectivity index (χ0) is 13.0. The molecule has 0 saturated carbocycles. The lowest BCUT2D eigenvalue weighted by molar-refractivity contribution is 0.0913. The molecule has 0 atom stereocenters. The lowest BCUT2D eigenvalue weighted by atomic mass is 10.4. The van der Waals surface area contributed by atoms with Gasteiger partial charge in [-0.1, -0.05) is 5.16 Å². The molecule has 0 aliphatic rings. The monoisotopic (exact) mass is 247 g/mol. The highest BCUT2D eigenvalue weighted by atomic mass is 16.5. The summed E-state index contributed by atoms with van der Waals surface area (Å²) in [5.74, 6) is 1.15. The Hall–Kier alpha value is -2.44. The van der Waals surface area contributed by atoms with E-state index in [4.69, 9.17) is 4.52 Å². The molecule has 0 unspecified atom stereocenters. The van der Waals surface area contributed by atoms with E-state index in [1.807, 2.05) is 19.0 Å². The molecule has 94 valence electrons. The van der Waals surface area contributed by atoms with E-state index >= 15 is 0 Å². The molecule has 0 bridgehead atoms. The third kappa shape index (κ3) is 2.82. The Morgan fingerprint density at radius 3 is 2.89 bits per heavy atom. The van der Waals surface area contributed by atoms with Gasteiger partial charge in [-0.15, -0.1) is 0 Å². The second-order valence-corrected chi connectivity index (χ2v) is 3.78. The van der Waals surface area contributed by atoms with Gasteiger partial charge >= 0.3 is 0 Å². The van der Waals surface area contributed by atoms with Crippen molar-refractivity contribution >= 4 is 11.7 Å². The molecule has 1 amide bonds. The summed E-state index contributed by atoms with van der Waals surface area (Å²) in [7, 11) is 3.78. The molecule has 2 heterocycles. The molecule has 18 heavy (non-hydrogen) atoms. The van der Waals surface area contributed by atoms with Gasteiger partial charge < -0.3 is 14.7 Å². The van der Waals surface area contributed by atoms with Crippen LogP contribution in [-0.4, -0.2) is 35.1 Å². The fourth-order valence-electron chi connectivity index (χ4n) is 1.30. The van der Waals surface area contributed by atoms with E-state index in [9.17, 15) is 4.79 Å². The number of nitrogens with zero attached hydrogens (tertiary/aromatic N) is 4. The highest BCUT2D eigenvalue weighted by Crippen LogP contribution is 2.05. The quantitative estimate of drug-likeness (QED) is 0.845. The minimum atomic E-state index is -0.341. The smallest absolute Gasteiger partial charge is 0.290 e. The molecule has 0 spiro atoms. The predicted molar refractivity (Wildman–Crippen MR) is 64.0 cm³/mol. The van der Waals surface area contributed by atoms with Crippen molar-refractivity contribution in [1.82, 2.24) is 20.4 Å². The van der Waals surface area contributed by atoms with E-state index in [2.05, 4.69) is 20.4 Å². The van der Waals surface area contributed by atoms with Gasteiger partial charge in [0, 0.05) is 26.4 Å². The van der Waals surface area contributed by atoms with Gasteiger partial charge in [0.25, 0.3) is 5.91 Å². The van der Waals surface area contributed by atoms with Crippen LogP contribution in [0.25, 0.3) is 0 Å². The topological polar surface area (TPSA) is 84.2 Å². The fourth-order valence-corrected chi connectivity index (χ4v) is 1.30. The minimum absolute atomic E-state index is 0.166. The number of amides is 1. The molecule has 7 nitrogen and oxygen atoms in total. The summed E-state index contributed by atoms with van der Waals surface area (Å²) in [6.07, 6.45) is 3.07. The van der Waals surface area contributed by atoms with Crippen molar-refractivity contribution in [3.8, 4) is 0 Å². The van der Waals surface area contributed by atoms with Crippen LogP contribution < -0.4 is 10.2 Å². The summed E-state index contributed by atoms with van der Waals surface area (Å²) in [4.78, 5) is 21.8. The second-order valence-electron chi connectivity index (χ2n) is 3.78. The van der Waals surface area contributed by atoms with Gasteiger partial charge in [-0.3, -0.25) is 4.79 Å². The van der Waals surface area contributed by atoms with Gasteiger partial charge in [0.05, 0.1) is 12.7 Å². The van der Waals surface area contributed by atoms with Crippen LogP contribution >= 0.6 is 0 Å². The zero-order valence-corrected chi connectivity index (χ0v) is 10.1. The highest BCUT2D eigenvalue weighted by molar-refractivity contribution is 5.91. The molecule has 1 N–H and O–H groups in total.